The number of anilines is 1. The molecule has 17 heavy (non-hydrogen) atoms. The van der Waals surface area contributed by atoms with Gasteiger partial charge in [-0.15, -0.1) is 0 Å². The molecule has 1 rings (SSSR count). The lowest BCUT2D eigenvalue weighted by molar-refractivity contribution is 0.181. The van der Waals surface area contributed by atoms with E-state index in [4.69, 9.17) is 9.15 Å². The first-order valence-corrected chi connectivity index (χ1v) is 5.94. The summed E-state index contributed by atoms with van der Waals surface area (Å²) >= 11 is 0. The molecule has 1 N–H and O–H groups in total. The minimum atomic E-state index is 0.240. The molecular weight excluding hydrogens is 218 g/mol. The molecule has 1 unspecified atom stereocenters. The summed E-state index contributed by atoms with van der Waals surface area (Å²) in [5.74, 6) is 0. The van der Waals surface area contributed by atoms with E-state index < -0.39 is 0 Å². The maximum Gasteiger partial charge on any atom is 0.297 e. The van der Waals surface area contributed by atoms with Crippen LogP contribution < -0.4 is 10.2 Å². The Kier molecular flexibility index (Phi) is 5.44. The molecule has 0 aromatic carbocycles. The van der Waals surface area contributed by atoms with Crippen molar-refractivity contribution in [3.8, 4) is 0 Å². The van der Waals surface area contributed by atoms with Crippen LogP contribution >= 0.6 is 0 Å². The van der Waals surface area contributed by atoms with Crippen molar-refractivity contribution in [1.82, 2.24) is 10.3 Å². The molecule has 0 radical (unpaired) electrons. The quantitative estimate of drug-likeness (QED) is 0.786. The van der Waals surface area contributed by atoms with Gasteiger partial charge in [-0.1, -0.05) is 13.8 Å². The summed E-state index contributed by atoms with van der Waals surface area (Å²) in [6, 6.07) is 1.32. The lowest BCUT2D eigenvalue weighted by Crippen LogP contribution is -2.32. The lowest BCUT2D eigenvalue weighted by atomic mass is 10.3. The van der Waals surface area contributed by atoms with Gasteiger partial charge in [0.2, 0.25) is 0 Å². The molecule has 0 aliphatic heterocycles. The Morgan fingerprint density at radius 1 is 1.47 bits per heavy atom. The summed E-state index contributed by atoms with van der Waals surface area (Å²) < 4.78 is 10.6. The monoisotopic (exact) mass is 241 g/mol. The van der Waals surface area contributed by atoms with Crippen LogP contribution in [-0.2, 0) is 11.3 Å². The molecule has 0 amide bonds. The van der Waals surface area contributed by atoms with Crippen molar-refractivity contribution in [2.24, 2.45) is 0 Å². The summed E-state index contributed by atoms with van der Waals surface area (Å²) in [7, 11) is 3.65. The number of nitrogens with one attached hydrogen (secondary N) is 1. The fourth-order valence-corrected chi connectivity index (χ4v) is 1.39. The zero-order valence-electron chi connectivity index (χ0n) is 11.4. The highest BCUT2D eigenvalue weighted by molar-refractivity contribution is 5.27. The van der Waals surface area contributed by atoms with Crippen LogP contribution in [0.5, 0.6) is 0 Å². The largest absolute Gasteiger partial charge is 0.432 e. The fourth-order valence-electron chi connectivity index (χ4n) is 1.39. The van der Waals surface area contributed by atoms with E-state index in [0.717, 1.165) is 12.2 Å². The predicted molar refractivity (Wildman–Crippen MR) is 68.2 cm³/mol. The predicted octanol–water partition coefficient (Wildman–Crippen LogP) is 1.64. The van der Waals surface area contributed by atoms with Crippen molar-refractivity contribution in [1.29, 1.82) is 0 Å². The first kappa shape index (κ1) is 14.0. The van der Waals surface area contributed by atoms with Crippen LogP contribution in [0, 0.1) is 0 Å². The smallest absolute Gasteiger partial charge is 0.297 e. The minimum Gasteiger partial charge on any atom is -0.432 e. The van der Waals surface area contributed by atoms with Gasteiger partial charge in [-0.25, -0.2) is 0 Å². The summed E-state index contributed by atoms with van der Waals surface area (Å²) in [5, 5.41) is 3.30. The van der Waals surface area contributed by atoms with Crippen LogP contribution in [-0.4, -0.2) is 37.8 Å². The SMILES string of the molecule is COCC(C)N(C)c1nc(CNC(C)C)co1. The zero-order valence-corrected chi connectivity index (χ0v) is 11.4. The van der Waals surface area contributed by atoms with Crippen molar-refractivity contribution in [3.63, 3.8) is 0 Å². The van der Waals surface area contributed by atoms with Gasteiger partial charge in [-0.05, 0) is 6.92 Å². The molecule has 0 aliphatic carbocycles. The highest BCUT2D eigenvalue weighted by atomic mass is 16.5. The van der Waals surface area contributed by atoms with Crippen molar-refractivity contribution >= 4 is 6.01 Å². The number of likely N-dealkylation sites (N-methyl/N-ethyl adjacent to an activating group) is 1. The molecule has 0 bridgehead atoms. The number of methoxy groups -OCH3 is 1. The van der Waals surface area contributed by atoms with E-state index in [1.165, 1.54) is 0 Å². The van der Waals surface area contributed by atoms with Gasteiger partial charge in [-0.3, -0.25) is 0 Å². The number of hydrogen-bond acceptors (Lipinski definition) is 5. The molecule has 1 aromatic rings. The number of hydrogen-bond donors (Lipinski definition) is 1. The highest BCUT2D eigenvalue weighted by Crippen LogP contribution is 2.14. The number of oxazole rings is 1. The Labute approximate surface area is 103 Å². The van der Waals surface area contributed by atoms with Crippen molar-refractivity contribution in [2.45, 2.75) is 39.4 Å². The number of ether oxygens (including phenoxy) is 1. The van der Waals surface area contributed by atoms with Crippen LogP contribution in [0.3, 0.4) is 0 Å². The molecule has 1 heterocycles. The third-order valence-corrected chi connectivity index (χ3v) is 2.60. The lowest BCUT2D eigenvalue weighted by Gasteiger charge is -2.21. The molecule has 1 atom stereocenters. The second-order valence-electron chi connectivity index (χ2n) is 4.57. The molecule has 0 saturated heterocycles. The third kappa shape index (κ3) is 4.36. The molecule has 0 spiro atoms. The van der Waals surface area contributed by atoms with Gasteiger partial charge in [0.1, 0.15) is 6.26 Å². The number of rotatable bonds is 7. The Morgan fingerprint density at radius 3 is 2.76 bits per heavy atom. The second kappa shape index (κ2) is 6.61. The summed E-state index contributed by atoms with van der Waals surface area (Å²) in [4.78, 5) is 6.40. The average molecular weight is 241 g/mol. The first-order valence-electron chi connectivity index (χ1n) is 5.94. The first-order chi connectivity index (χ1) is 8.04. The van der Waals surface area contributed by atoms with E-state index in [-0.39, 0.29) is 6.04 Å². The Balaban J connectivity index is 2.54. The van der Waals surface area contributed by atoms with Gasteiger partial charge in [0.05, 0.1) is 18.3 Å². The minimum absolute atomic E-state index is 0.240. The Hall–Kier alpha value is -1.07. The van der Waals surface area contributed by atoms with Crippen LogP contribution in [0.2, 0.25) is 0 Å². The molecule has 0 saturated carbocycles. The maximum absolute atomic E-state index is 5.45. The van der Waals surface area contributed by atoms with Crippen LogP contribution in [0.25, 0.3) is 0 Å². The molecule has 98 valence electrons. The summed E-state index contributed by atoms with van der Waals surface area (Å²) in [6.07, 6.45) is 1.70. The molecule has 5 heteroatoms. The van der Waals surface area contributed by atoms with Crippen LogP contribution in [0.1, 0.15) is 26.5 Å². The molecule has 0 aliphatic rings. The molecule has 0 fully saturated rings. The van der Waals surface area contributed by atoms with Gasteiger partial charge < -0.3 is 19.4 Å². The Morgan fingerprint density at radius 2 is 2.18 bits per heavy atom. The van der Waals surface area contributed by atoms with Crippen molar-refractivity contribution < 1.29 is 9.15 Å². The fraction of sp³-hybridized carbons (Fsp3) is 0.750. The van der Waals surface area contributed by atoms with Crippen molar-refractivity contribution in [2.75, 3.05) is 25.7 Å². The van der Waals surface area contributed by atoms with E-state index in [9.17, 15) is 0 Å². The molecule has 5 nitrogen and oxygen atoms in total. The normalized spacial score (nSPS) is 13.1. The van der Waals surface area contributed by atoms with Crippen LogP contribution in [0.15, 0.2) is 10.7 Å². The van der Waals surface area contributed by atoms with E-state index in [1.807, 2.05) is 11.9 Å². The van der Waals surface area contributed by atoms with E-state index >= 15 is 0 Å². The highest BCUT2D eigenvalue weighted by Gasteiger charge is 2.15. The number of nitrogens with zero attached hydrogens (tertiary/aromatic N) is 2. The van der Waals surface area contributed by atoms with Crippen LogP contribution in [0.4, 0.5) is 6.01 Å². The summed E-state index contributed by atoms with van der Waals surface area (Å²) in [6.45, 7) is 7.66. The van der Waals surface area contributed by atoms with E-state index in [1.54, 1.807) is 13.4 Å². The topological polar surface area (TPSA) is 50.5 Å². The maximum atomic E-state index is 5.45. The van der Waals surface area contributed by atoms with Crippen molar-refractivity contribution in [3.05, 3.63) is 12.0 Å². The standard InChI is InChI=1S/C12H23N3O2/c1-9(2)13-6-11-8-17-12(14-11)15(4)10(3)7-16-5/h8-10,13H,6-7H2,1-5H3. The van der Waals surface area contributed by atoms with Gasteiger partial charge in [-0.2, -0.15) is 4.98 Å². The van der Waals surface area contributed by atoms with E-state index in [0.29, 0.717) is 18.7 Å². The average Bonchev–Trinajstić information content (AvgIpc) is 2.74. The Bertz CT molecular complexity index is 325. The molecular formula is C12H23N3O2. The van der Waals surface area contributed by atoms with Gasteiger partial charge in [0.15, 0.2) is 0 Å². The molecule has 1 aromatic heterocycles. The van der Waals surface area contributed by atoms with Gasteiger partial charge >= 0.3 is 0 Å². The third-order valence-electron chi connectivity index (χ3n) is 2.60. The second-order valence-corrected chi connectivity index (χ2v) is 4.57. The zero-order chi connectivity index (χ0) is 12.8. The summed E-state index contributed by atoms with van der Waals surface area (Å²) in [5.41, 5.74) is 0.921. The van der Waals surface area contributed by atoms with Gasteiger partial charge in [0, 0.05) is 26.7 Å². The van der Waals surface area contributed by atoms with Gasteiger partial charge in [0.25, 0.3) is 6.01 Å². The number of aromatic nitrogens is 1. The van der Waals surface area contributed by atoms with E-state index in [2.05, 4.69) is 31.1 Å².